The van der Waals surface area contributed by atoms with E-state index in [1.807, 2.05) is 0 Å². The van der Waals surface area contributed by atoms with E-state index < -0.39 is 0 Å². The van der Waals surface area contributed by atoms with Crippen LogP contribution in [0.3, 0.4) is 0 Å². The third-order valence-electron chi connectivity index (χ3n) is 2.31. The number of carbonyl (C=O) groups excluding carboxylic acids is 1. The van der Waals surface area contributed by atoms with E-state index in [9.17, 15) is 4.79 Å². The molecule has 48 valence electrons. The summed E-state index contributed by atoms with van der Waals surface area (Å²) in [4.78, 5) is 10.8. The molecule has 2 rings (SSSR count). The first-order chi connectivity index (χ1) is 4.27. The Morgan fingerprint density at radius 2 is 2.44 bits per heavy atom. The largest absolute Gasteiger partial charge is 0.295 e. The third-order valence-corrected chi connectivity index (χ3v) is 2.31. The number of fused-ring (bicyclic) bond motifs is 1. The summed E-state index contributed by atoms with van der Waals surface area (Å²) in [6.45, 7) is 2.18. The molecular weight excluding hydrogens is 112 g/mol. The van der Waals surface area contributed by atoms with Gasteiger partial charge >= 0.3 is 0 Å². The molecule has 0 heterocycles. The molecule has 2 aliphatic carbocycles. The lowest BCUT2D eigenvalue weighted by Gasteiger charge is -2.22. The van der Waals surface area contributed by atoms with Gasteiger partial charge < -0.3 is 0 Å². The molecule has 1 saturated carbocycles. The van der Waals surface area contributed by atoms with Gasteiger partial charge in [-0.3, -0.25) is 4.79 Å². The summed E-state index contributed by atoms with van der Waals surface area (Å²) in [5.41, 5.74) is 1.13. The predicted octanol–water partition coefficient (Wildman–Crippen LogP) is 1.54. The number of hydrogen-bond acceptors (Lipinski definition) is 1. The highest BCUT2D eigenvalue weighted by molar-refractivity contribution is 6.03. The Balaban J connectivity index is 2.25. The molecule has 0 N–H and O–H groups in total. The van der Waals surface area contributed by atoms with Crippen LogP contribution >= 0.6 is 0 Å². The van der Waals surface area contributed by atoms with Gasteiger partial charge in [0.15, 0.2) is 5.78 Å². The summed E-state index contributed by atoms with van der Waals surface area (Å²) in [6.07, 6.45) is 4.19. The third kappa shape index (κ3) is 0.576. The van der Waals surface area contributed by atoms with Gasteiger partial charge in [-0.1, -0.05) is 13.0 Å². The van der Waals surface area contributed by atoms with Crippen molar-refractivity contribution in [3.8, 4) is 0 Å². The Hall–Kier alpha value is -0.590. The van der Waals surface area contributed by atoms with E-state index in [2.05, 4.69) is 13.0 Å². The highest BCUT2D eigenvalue weighted by Crippen LogP contribution is 2.41. The fraction of sp³-hybridized carbons (Fsp3) is 0.625. The summed E-state index contributed by atoms with van der Waals surface area (Å²) in [7, 11) is 0. The fourth-order valence-corrected chi connectivity index (χ4v) is 1.81. The van der Waals surface area contributed by atoms with Crippen LogP contribution in [-0.4, -0.2) is 5.78 Å². The first kappa shape index (κ1) is 5.21. The first-order valence-electron chi connectivity index (χ1n) is 3.52. The van der Waals surface area contributed by atoms with Crippen molar-refractivity contribution in [2.24, 2.45) is 11.8 Å². The molecule has 1 fully saturated rings. The molecule has 9 heavy (non-hydrogen) atoms. The van der Waals surface area contributed by atoms with E-state index in [4.69, 9.17) is 0 Å². The number of carbonyl (C=O) groups is 1. The van der Waals surface area contributed by atoms with E-state index in [1.54, 1.807) is 0 Å². The maximum atomic E-state index is 10.8. The summed E-state index contributed by atoms with van der Waals surface area (Å²) >= 11 is 0. The topological polar surface area (TPSA) is 17.1 Å². The molecule has 2 atom stereocenters. The Morgan fingerprint density at radius 1 is 1.67 bits per heavy atom. The van der Waals surface area contributed by atoms with Crippen LogP contribution in [0.4, 0.5) is 0 Å². The average molecular weight is 122 g/mol. The zero-order valence-electron chi connectivity index (χ0n) is 5.55. The predicted molar refractivity (Wildman–Crippen MR) is 35.0 cm³/mol. The second kappa shape index (κ2) is 1.47. The lowest BCUT2D eigenvalue weighted by atomic mass is 9.80. The van der Waals surface area contributed by atoms with E-state index in [1.165, 1.54) is 6.42 Å². The monoisotopic (exact) mass is 122 g/mol. The van der Waals surface area contributed by atoms with E-state index in [0.29, 0.717) is 17.6 Å². The van der Waals surface area contributed by atoms with Crippen LogP contribution < -0.4 is 0 Å². The maximum absolute atomic E-state index is 10.8. The lowest BCUT2D eigenvalue weighted by Crippen LogP contribution is -2.24. The fourth-order valence-electron chi connectivity index (χ4n) is 1.81. The Bertz CT molecular complexity index is 191. The normalized spacial score (nSPS) is 39.7. The second-order valence-electron chi connectivity index (χ2n) is 3.16. The molecule has 1 heteroatoms. The van der Waals surface area contributed by atoms with Gasteiger partial charge in [-0.25, -0.2) is 0 Å². The lowest BCUT2D eigenvalue weighted by molar-refractivity contribution is -0.120. The zero-order chi connectivity index (χ0) is 6.43. The molecule has 0 bridgehead atoms. The number of rotatable bonds is 0. The molecule has 0 radical (unpaired) electrons. The summed E-state index contributed by atoms with van der Waals surface area (Å²) < 4.78 is 0. The molecule has 0 spiro atoms. The van der Waals surface area contributed by atoms with Crippen molar-refractivity contribution < 1.29 is 4.79 Å². The highest BCUT2D eigenvalue weighted by Gasteiger charge is 2.37. The van der Waals surface area contributed by atoms with Crippen molar-refractivity contribution in [1.82, 2.24) is 0 Å². The summed E-state index contributed by atoms with van der Waals surface area (Å²) in [6, 6.07) is 0. The van der Waals surface area contributed by atoms with Crippen molar-refractivity contribution in [2.75, 3.05) is 0 Å². The van der Waals surface area contributed by atoms with Crippen molar-refractivity contribution in [1.29, 1.82) is 0 Å². The number of Topliss-reactive ketones (excluding diaryl/α,β-unsaturated/α-hetero) is 1. The van der Waals surface area contributed by atoms with Crippen LogP contribution in [-0.2, 0) is 4.79 Å². The van der Waals surface area contributed by atoms with Gasteiger partial charge in [-0.2, -0.15) is 0 Å². The maximum Gasteiger partial charge on any atom is 0.159 e. The van der Waals surface area contributed by atoms with Gasteiger partial charge in [-0.15, -0.1) is 0 Å². The summed E-state index contributed by atoms with van der Waals surface area (Å²) in [5.74, 6) is 1.72. The molecule has 0 aromatic rings. The standard InChI is InChI=1S/C8H10O/c1-5-2-6-4-8(9)7(6)3-5/h3,5-6H,2,4H2,1H3. The van der Waals surface area contributed by atoms with Gasteiger partial charge in [0.1, 0.15) is 0 Å². The second-order valence-corrected chi connectivity index (χ2v) is 3.16. The quantitative estimate of drug-likeness (QED) is 0.476. The van der Waals surface area contributed by atoms with Crippen molar-refractivity contribution in [3.63, 3.8) is 0 Å². The van der Waals surface area contributed by atoms with Gasteiger partial charge in [0, 0.05) is 6.42 Å². The summed E-state index contributed by atoms with van der Waals surface area (Å²) in [5, 5.41) is 0. The van der Waals surface area contributed by atoms with E-state index >= 15 is 0 Å². The minimum absolute atomic E-state index is 0.393. The SMILES string of the molecule is CC1C=C2C(=O)CC2C1. The zero-order valence-corrected chi connectivity index (χ0v) is 5.55. The Kier molecular flexibility index (Phi) is 0.850. The van der Waals surface area contributed by atoms with Gasteiger partial charge in [0.25, 0.3) is 0 Å². The van der Waals surface area contributed by atoms with Crippen LogP contribution in [0.1, 0.15) is 19.8 Å². The molecule has 0 saturated heterocycles. The van der Waals surface area contributed by atoms with Crippen LogP contribution in [0.15, 0.2) is 11.6 Å². The minimum atomic E-state index is 0.393. The van der Waals surface area contributed by atoms with Crippen molar-refractivity contribution in [3.05, 3.63) is 11.6 Å². The van der Waals surface area contributed by atoms with Crippen LogP contribution in [0, 0.1) is 11.8 Å². The first-order valence-corrected chi connectivity index (χ1v) is 3.52. The van der Waals surface area contributed by atoms with Crippen molar-refractivity contribution >= 4 is 5.78 Å². The van der Waals surface area contributed by atoms with Gasteiger partial charge in [0.2, 0.25) is 0 Å². The minimum Gasteiger partial charge on any atom is -0.295 e. The van der Waals surface area contributed by atoms with Gasteiger partial charge in [0.05, 0.1) is 0 Å². The van der Waals surface area contributed by atoms with Crippen molar-refractivity contribution in [2.45, 2.75) is 19.8 Å². The molecule has 0 aliphatic heterocycles. The number of hydrogen-bond donors (Lipinski definition) is 0. The molecule has 0 aromatic heterocycles. The highest BCUT2D eigenvalue weighted by atomic mass is 16.1. The van der Waals surface area contributed by atoms with E-state index in [0.717, 1.165) is 12.0 Å². The number of ketones is 1. The number of allylic oxidation sites excluding steroid dienone is 2. The van der Waals surface area contributed by atoms with Gasteiger partial charge in [-0.05, 0) is 23.8 Å². The average Bonchev–Trinajstić information content (AvgIpc) is 2.08. The Morgan fingerprint density at radius 3 is 2.89 bits per heavy atom. The molecule has 1 nitrogen and oxygen atoms in total. The molecule has 0 aromatic carbocycles. The smallest absolute Gasteiger partial charge is 0.159 e. The van der Waals surface area contributed by atoms with E-state index in [-0.39, 0.29) is 0 Å². The Labute approximate surface area is 54.8 Å². The van der Waals surface area contributed by atoms with Crippen LogP contribution in [0.25, 0.3) is 0 Å². The molecule has 0 amide bonds. The van der Waals surface area contributed by atoms with Crippen LogP contribution in [0.5, 0.6) is 0 Å². The molecule has 2 aliphatic rings. The molecule has 2 unspecified atom stereocenters. The van der Waals surface area contributed by atoms with Crippen LogP contribution in [0.2, 0.25) is 0 Å². The molecular formula is C8H10O.